The van der Waals surface area contributed by atoms with Crippen molar-refractivity contribution in [2.24, 2.45) is 4.99 Å². The van der Waals surface area contributed by atoms with E-state index in [2.05, 4.69) is 11.9 Å². The van der Waals surface area contributed by atoms with Gasteiger partial charge in [0.05, 0.1) is 23.3 Å². The summed E-state index contributed by atoms with van der Waals surface area (Å²) in [6.07, 6.45) is 1.79. The molecule has 0 fully saturated rings. The molecule has 150 valence electrons. The Balaban J connectivity index is 2.16. The van der Waals surface area contributed by atoms with Crippen LogP contribution in [0.2, 0.25) is 0 Å². The topological polar surface area (TPSA) is 65.4 Å². The Hall–Kier alpha value is -2.86. The highest BCUT2D eigenvalue weighted by Crippen LogP contribution is 2.24. The molecule has 28 heavy (non-hydrogen) atoms. The summed E-state index contributed by atoms with van der Waals surface area (Å²) in [5.41, 5.74) is 5.60. The van der Waals surface area contributed by atoms with Crippen molar-refractivity contribution in [3.8, 4) is 0 Å². The first-order valence-corrected chi connectivity index (χ1v) is 9.27. The fraction of sp³-hybridized carbons (Fsp3) is 0.364. The number of benzene rings is 2. The number of esters is 1. The average molecular weight is 383 g/mol. The second-order valence-corrected chi connectivity index (χ2v) is 6.98. The molecule has 0 aliphatic heterocycles. The number of aryl methyl sites for hydroxylation is 3. The van der Waals surface area contributed by atoms with Crippen molar-refractivity contribution in [1.82, 2.24) is 4.90 Å². The molecule has 0 unspecified atom stereocenters. The maximum atomic E-state index is 12.6. The van der Waals surface area contributed by atoms with E-state index in [9.17, 15) is 10.0 Å². The number of hydrogen-bond donors (Lipinski definition) is 1. The first-order valence-electron chi connectivity index (χ1n) is 9.27. The summed E-state index contributed by atoms with van der Waals surface area (Å²) in [7, 11) is 3.51. The van der Waals surface area contributed by atoms with E-state index in [-0.39, 0.29) is 12.6 Å². The molecule has 6 heteroatoms. The zero-order valence-corrected chi connectivity index (χ0v) is 17.5. The molecule has 0 aromatic heterocycles. The Labute approximate surface area is 167 Å². The number of rotatable bonds is 7. The lowest BCUT2D eigenvalue weighted by molar-refractivity contribution is 0.0471. The fourth-order valence-corrected chi connectivity index (χ4v) is 2.64. The Morgan fingerprint density at radius 1 is 1.11 bits per heavy atom. The van der Waals surface area contributed by atoms with Crippen LogP contribution in [-0.4, -0.2) is 43.1 Å². The predicted molar refractivity (Wildman–Crippen MR) is 113 cm³/mol. The van der Waals surface area contributed by atoms with Gasteiger partial charge in [-0.25, -0.2) is 9.79 Å². The minimum atomic E-state index is -0.371. The van der Waals surface area contributed by atoms with E-state index in [4.69, 9.17) is 4.74 Å². The quantitative estimate of drug-likeness (QED) is 0.332. The van der Waals surface area contributed by atoms with Gasteiger partial charge in [-0.05, 0) is 74.2 Å². The van der Waals surface area contributed by atoms with Crippen molar-refractivity contribution in [2.45, 2.75) is 34.3 Å². The third-order valence-electron chi connectivity index (χ3n) is 4.72. The van der Waals surface area contributed by atoms with E-state index < -0.39 is 0 Å². The fourth-order valence-electron chi connectivity index (χ4n) is 2.64. The van der Waals surface area contributed by atoms with Crippen molar-refractivity contribution < 1.29 is 14.7 Å². The summed E-state index contributed by atoms with van der Waals surface area (Å²) in [5.74, 6) is -0.371. The number of ether oxygens (including phenoxy) is 1. The number of carbonyl (C=O) groups is 1. The lowest BCUT2D eigenvalue weighted by Gasteiger charge is -2.15. The summed E-state index contributed by atoms with van der Waals surface area (Å²) >= 11 is 0. The van der Waals surface area contributed by atoms with Crippen molar-refractivity contribution >= 4 is 23.7 Å². The first kappa shape index (κ1) is 21.4. The number of nitrogens with zero attached hydrogens (tertiary/aromatic N) is 3. The monoisotopic (exact) mass is 383 g/mol. The van der Waals surface area contributed by atoms with Gasteiger partial charge >= 0.3 is 5.97 Å². The van der Waals surface area contributed by atoms with Crippen molar-refractivity contribution in [3.05, 3.63) is 58.1 Å². The molecular formula is C22H29N3O3. The zero-order valence-electron chi connectivity index (χ0n) is 17.5. The van der Waals surface area contributed by atoms with Crippen LogP contribution in [0.5, 0.6) is 0 Å². The number of carbonyl (C=O) groups excluding carboxylic acids is 1. The standard InChI is InChI=1S/C22H29N3O3/c1-7-24(5)14-23-21-11-16(3)20(10-17(21)4)22(26)28-13-18-12-19(25(6)27)9-8-15(18)2/h8-12,14,27H,7,13H2,1-6H3/b23-14+. The van der Waals surface area contributed by atoms with Crippen LogP contribution in [0.25, 0.3) is 0 Å². The molecular weight excluding hydrogens is 354 g/mol. The molecule has 0 saturated carbocycles. The van der Waals surface area contributed by atoms with E-state index in [1.807, 2.05) is 63.1 Å². The van der Waals surface area contributed by atoms with Gasteiger partial charge in [0.2, 0.25) is 0 Å². The SMILES string of the molecule is CCN(C)/C=N/c1cc(C)c(C(=O)OCc2cc(N(C)O)ccc2C)cc1C. The van der Waals surface area contributed by atoms with Crippen LogP contribution in [0, 0.1) is 20.8 Å². The number of hydrogen-bond acceptors (Lipinski definition) is 5. The summed E-state index contributed by atoms with van der Waals surface area (Å²) in [4.78, 5) is 19.1. The molecule has 0 spiro atoms. The molecule has 0 radical (unpaired) electrons. The maximum Gasteiger partial charge on any atom is 0.338 e. The van der Waals surface area contributed by atoms with Crippen LogP contribution in [0.4, 0.5) is 11.4 Å². The third kappa shape index (κ3) is 5.33. The van der Waals surface area contributed by atoms with Gasteiger partial charge < -0.3 is 9.64 Å². The Kier molecular flexibility index (Phi) is 7.18. The van der Waals surface area contributed by atoms with Crippen LogP contribution < -0.4 is 5.06 Å². The summed E-state index contributed by atoms with van der Waals surface area (Å²) in [5, 5.41) is 10.6. The third-order valence-corrected chi connectivity index (χ3v) is 4.72. The van der Waals surface area contributed by atoms with Gasteiger partial charge in [0, 0.05) is 20.6 Å². The highest BCUT2D eigenvalue weighted by molar-refractivity contribution is 5.92. The second-order valence-electron chi connectivity index (χ2n) is 6.98. The number of hydroxylamine groups is 1. The van der Waals surface area contributed by atoms with Crippen LogP contribution in [0.15, 0.2) is 35.3 Å². The van der Waals surface area contributed by atoms with E-state index in [0.29, 0.717) is 11.3 Å². The molecule has 1 N–H and O–H groups in total. The van der Waals surface area contributed by atoms with Gasteiger partial charge in [-0.2, -0.15) is 0 Å². The van der Waals surface area contributed by atoms with E-state index in [1.54, 1.807) is 13.4 Å². The Morgan fingerprint density at radius 3 is 2.46 bits per heavy atom. The molecule has 6 nitrogen and oxygen atoms in total. The number of anilines is 1. The average Bonchev–Trinajstić information content (AvgIpc) is 2.66. The van der Waals surface area contributed by atoms with Crippen LogP contribution in [0.3, 0.4) is 0 Å². The van der Waals surface area contributed by atoms with Gasteiger partial charge in [0.25, 0.3) is 0 Å². The molecule has 2 aromatic carbocycles. The van der Waals surface area contributed by atoms with Crippen LogP contribution in [0.1, 0.15) is 39.5 Å². The lowest BCUT2D eigenvalue weighted by Crippen LogP contribution is -2.14. The maximum absolute atomic E-state index is 12.6. The van der Waals surface area contributed by atoms with Gasteiger partial charge in [-0.1, -0.05) is 6.07 Å². The molecule has 0 amide bonds. The van der Waals surface area contributed by atoms with E-state index >= 15 is 0 Å². The summed E-state index contributed by atoms with van der Waals surface area (Å²) < 4.78 is 5.54. The molecule has 0 saturated heterocycles. The molecule has 0 aliphatic carbocycles. The van der Waals surface area contributed by atoms with Crippen LogP contribution >= 0.6 is 0 Å². The van der Waals surface area contributed by atoms with Crippen LogP contribution in [-0.2, 0) is 11.3 Å². The Morgan fingerprint density at radius 2 is 1.82 bits per heavy atom. The van der Waals surface area contributed by atoms with Crippen molar-refractivity contribution in [1.29, 1.82) is 0 Å². The molecule has 2 rings (SSSR count). The largest absolute Gasteiger partial charge is 0.457 e. The van der Waals surface area contributed by atoms with Crippen molar-refractivity contribution in [2.75, 3.05) is 25.7 Å². The lowest BCUT2D eigenvalue weighted by atomic mass is 10.0. The summed E-state index contributed by atoms with van der Waals surface area (Å²) in [6.45, 7) is 8.83. The predicted octanol–water partition coefficient (Wildman–Crippen LogP) is 4.41. The van der Waals surface area contributed by atoms with Crippen molar-refractivity contribution in [3.63, 3.8) is 0 Å². The first-order chi connectivity index (χ1) is 13.2. The minimum Gasteiger partial charge on any atom is -0.457 e. The van der Waals surface area contributed by atoms with Gasteiger partial charge in [-0.15, -0.1) is 0 Å². The normalized spacial score (nSPS) is 11.0. The summed E-state index contributed by atoms with van der Waals surface area (Å²) in [6, 6.07) is 9.23. The second kappa shape index (κ2) is 9.37. The molecule has 0 aliphatic rings. The van der Waals surface area contributed by atoms with Gasteiger partial charge in [0.1, 0.15) is 6.61 Å². The number of aliphatic imine (C=N–C) groups is 1. The zero-order chi connectivity index (χ0) is 20.8. The molecule has 0 bridgehead atoms. The van der Waals surface area contributed by atoms with E-state index in [0.717, 1.165) is 39.5 Å². The van der Waals surface area contributed by atoms with Gasteiger partial charge in [0.15, 0.2) is 0 Å². The van der Waals surface area contributed by atoms with Gasteiger partial charge in [-0.3, -0.25) is 10.3 Å². The molecule has 0 atom stereocenters. The highest BCUT2D eigenvalue weighted by Gasteiger charge is 2.14. The van der Waals surface area contributed by atoms with E-state index in [1.165, 1.54) is 0 Å². The Bertz CT molecular complexity index is 876. The molecule has 0 heterocycles. The highest BCUT2D eigenvalue weighted by atomic mass is 16.5. The minimum absolute atomic E-state index is 0.145. The smallest absolute Gasteiger partial charge is 0.338 e. The molecule has 2 aromatic rings.